The average molecular weight is 183 g/mol. The molecule has 1 fully saturated rings. The lowest BCUT2D eigenvalue weighted by Crippen LogP contribution is -2.67. The lowest BCUT2D eigenvalue weighted by Gasteiger charge is -2.49. The fourth-order valence-corrected chi connectivity index (χ4v) is 1.78. The molecule has 0 unspecified atom stereocenters. The van der Waals surface area contributed by atoms with Gasteiger partial charge in [-0.2, -0.15) is 0 Å². The first-order valence-corrected chi connectivity index (χ1v) is 4.51. The number of ether oxygens (including phenoxy) is 1. The van der Waals surface area contributed by atoms with Crippen LogP contribution in [0.4, 0.5) is 0 Å². The zero-order valence-electron chi connectivity index (χ0n) is 8.70. The third-order valence-corrected chi connectivity index (χ3v) is 2.40. The molecule has 3 nitrogen and oxygen atoms in total. The SMILES string of the molecule is C=C(C)[C@H]1[C@@H](OC)C(=O)N1C(C)C. The molecule has 2 atom stereocenters. The van der Waals surface area contributed by atoms with Crippen molar-refractivity contribution in [1.29, 1.82) is 0 Å². The highest BCUT2D eigenvalue weighted by Crippen LogP contribution is 2.29. The molecule has 1 aliphatic rings. The van der Waals surface area contributed by atoms with E-state index in [4.69, 9.17) is 4.74 Å². The van der Waals surface area contributed by atoms with E-state index in [0.29, 0.717) is 0 Å². The molecule has 1 amide bonds. The molecule has 74 valence electrons. The molecular weight excluding hydrogens is 166 g/mol. The number of carbonyl (C=O) groups is 1. The predicted octanol–water partition coefficient (Wildman–Crippen LogP) is 1.20. The van der Waals surface area contributed by atoms with Gasteiger partial charge < -0.3 is 9.64 Å². The first-order chi connectivity index (χ1) is 6.00. The summed E-state index contributed by atoms with van der Waals surface area (Å²) in [5.74, 6) is 0.0745. The van der Waals surface area contributed by atoms with Gasteiger partial charge >= 0.3 is 0 Å². The quantitative estimate of drug-likeness (QED) is 0.486. The van der Waals surface area contributed by atoms with Crippen molar-refractivity contribution in [3.8, 4) is 0 Å². The Hall–Kier alpha value is -0.830. The van der Waals surface area contributed by atoms with E-state index in [1.165, 1.54) is 0 Å². The Balaban J connectivity index is 2.77. The highest BCUT2D eigenvalue weighted by Gasteiger charge is 2.48. The van der Waals surface area contributed by atoms with Gasteiger partial charge in [-0.05, 0) is 20.8 Å². The Kier molecular flexibility index (Phi) is 2.76. The summed E-state index contributed by atoms with van der Waals surface area (Å²) in [7, 11) is 1.57. The predicted molar refractivity (Wildman–Crippen MR) is 51.4 cm³/mol. The molecule has 1 aliphatic heterocycles. The summed E-state index contributed by atoms with van der Waals surface area (Å²) in [5.41, 5.74) is 0.986. The number of carbonyl (C=O) groups excluding carboxylic acids is 1. The summed E-state index contributed by atoms with van der Waals surface area (Å²) in [6.07, 6.45) is -0.306. The highest BCUT2D eigenvalue weighted by molar-refractivity contribution is 5.89. The van der Waals surface area contributed by atoms with E-state index in [9.17, 15) is 4.79 Å². The van der Waals surface area contributed by atoms with Crippen LogP contribution in [-0.2, 0) is 9.53 Å². The fraction of sp³-hybridized carbons (Fsp3) is 0.700. The molecule has 0 bridgehead atoms. The molecular formula is C10H17NO2. The minimum Gasteiger partial charge on any atom is -0.369 e. The first-order valence-electron chi connectivity index (χ1n) is 4.51. The lowest BCUT2D eigenvalue weighted by molar-refractivity contribution is -0.170. The van der Waals surface area contributed by atoms with Crippen LogP contribution in [0.15, 0.2) is 12.2 Å². The van der Waals surface area contributed by atoms with Crippen LogP contribution in [0, 0.1) is 0 Å². The Bertz CT molecular complexity index is 235. The summed E-state index contributed by atoms with van der Waals surface area (Å²) in [6, 6.07) is 0.290. The van der Waals surface area contributed by atoms with Crippen LogP contribution in [0.1, 0.15) is 20.8 Å². The number of hydrogen-bond acceptors (Lipinski definition) is 2. The molecule has 0 radical (unpaired) electrons. The Morgan fingerprint density at radius 3 is 2.46 bits per heavy atom. The van der Waals surface area contributed by atoms with Crippen LogP contribution in [0.3, 0.4) is 0 Å². The van der Waals surface area contributed by atoms with Crippen LogP contribution < -0.4 is 0 Å². The average Bonchev–Trinajstić information content (AvgIpc) is 1.99. The second-order valence-corrected chi connectivity index (χ2v) is 3.79. The third-order valence-electron chi connectivity index (χ3n) is 2.40. The Morgan fingerprint density at radius 1 is 1.62 bits per heavy atom. The van der Waals surface area contributed by atoms with Crippen molar-refractivity contribution in [2.24, 2.45) is 0 Å². The lowest BCUT2D eigenvalue weighted by atomic mass is 9.90. The van der Waals surface area contributed by atoms with Gasteiger partial charge in [0.2, 0.25) is 0 Å². The van der Waals surface area contributed by atoms with E-state index in [-0.39, 0.29) is 24.1 Å². The number of likely N-dealkylation sites (tertiary alicyclic amines) is 1. The fourth-order valence-electron chi connectivity index (χ4n) is 1.78. The van der Waals surface area contributed by atoms with Gasteiger partial charge in [0, 0.05) is 13.2 Å². The largest absolute Gasteiger partial charge is 0.369 e. The van der Waals surface area contributed by atoms with E-state index in [1.54, 1.807) is 7.11 Å². The first kappa shape index (κ1) is 10.3. The molecule has 0 aliphatic carbocycles. The van der Waals surface area contributed by atoms with Crippen molar-refractivity contribution in [3.05, 3.63) is 12.2 Å². The van der Waals surface area contributed by atoms with Crippen molar-refractivity contribution in [3.63, 3.8) is 0 Å². The molecule has 1 rings (SSSR count). The molecule has 0 N–H and O–H groups in total. The molecule has 1 heterocycles. The summed E-state index contributed by atoms with van der Waals surface area (Å²) in [6.45, 7) is 9.80. The molecule has 0 aromatic rings. The maximum absolute atomic E-state index is 11.5. The summed E-state index contributed by atoms with van der Waals surface area (Å²) < 4.78 is 5.10. The topological polar surface area (TPSA) is 29.5 Å². The van der Waals surface area contributed by atoms with Crippen LogP contribution in [-0.4, -0.2) is 36.1 Å². The van der Waals surface area contributed by atoms with Crippen molar-refractivity contribution >= 4 is 5.91 Å². The number of amides is 1. The normalized spacial score (nSPS) is 27.8. The van der Waals surface area contributed by atoms with Crippen molar-refractivity contribution in [2.45, 2.75) is 39.0 Å². The Morgan fingerprint density at radius 2 is 2.15 bits per heavy atom. The molecule has 13 heavy (non-hydrogen) atoms. The van der Waals surface area contributed by atoms with Gasteiger partial charge in [-0.25, -0.2) is 0 Å². The third kappa shape index (κ3) is 1.48. The zero-order chi connectivity index (χ0) is 10.2. The molecule has 0 spiro atoms. The van der Waals surface area contributed by atoms with Gasteiger partial charge in [0.15, 0.2) is 6.10 Å². The highest BCUT2D eigenvalue weighted by atomic mass is 16.5. The van der Waals surface area contributed by atoms with Gasteiger partial charge in [0.1, 0.15) is 0 Å². The molecule has 1 saturated heterocycles. The van der Waals surface area contributed by atoms with Gasteiger partial charge in [-0.3, -0.25) is 4.79 Å². The summed E-state index contributed by atoms with van der Waals surface area (Å²) in [5, 5.41) is 0. The minimum absolute atomic E-state index is 0.0671. The van der Waals surface area contributed by atoms with E-state index >= 15 is 0 Å². The van der Waals surface area contributed by atoms with Gasteiger partial charge in [0.25, 0.3) is 5.91 Å². The zero-order valence-corrected chi connectivity index (χ0v) is 8.70. The number of methoxy groups -OCH3 is 1. The molecule has 0 aromatic heterocycles. The second-order valence-electron chi connectivity index (χ2n) is 3.79. The van der Waals surface area contributed by atoms with E-state index in [2.05, 4.69) is 6.58 Å². The summed E-state index contributed by atoms with van der Waals surface area (Å²) >= 11 is 0. The number of β-lactam (4-membered cyclic amide) rings is 1. The van der Waals surface area contributed by atoms with Crippen LogP contribution in [0.5, 0.6) is 0 Å². The summed E-state index contributed by atoms with van der Waals surface area (Å²) in [4.78, 5) is 13.3. The van der Waals surface area contributed by atoms with E-state index < -0.39 is 0 Å². The van der Waals surface area contributed by atoms with Crippen molar-refractivity contribution < 1.29 is 9.53 Å². The van der Waals surface area contributed by atoms with Gasteiger partial charge in [-0.15, -0.1) is 0 Å². The van der Waals surface area contributed by atoms with E-state index in [0.717, 1.165) is 5.57 Å². The Labute approximate surface area is 79.4 Å². The van der Waals surface area contributed by atoms with E-state index in [1.807, 2.05) is 25.7 Å². The minimum atomic E-state index is -0.306. The van der Waals surface area contributed by atoms with Crippen LogP contribution in [0.25, 0.3) is 0 Å². The monoisotopic (exact) mass is 183 g/mol. The van der Waals surface area contributed by atoms with Crippen LogP contribution in [0.2, 0.25) is 0 Å². The molecule has 0 aromatic carbocycles. The number of nitrogens with zero attached hydrogens (tertiary/aromatic N) is 1. The molecule has 3 heteroatoms. The van der Waals surface area contributed by atoms with Gasteiger partial charge in [-0.1, -0.05) is 12.2 Å². The van der Waals surface area contributed by atoms with Gasteiger partial charge in [0.05, 0.1) is 6.04 Å². The smallest absolute Gasteiger partial charge is 0.255 e. The number of hydrogen-bond donors (Lipinski definition) is 0. The maximum Gasteiger partial charge on any atom is 0.255 e. The number of rotatable bonds is 3. The maximum atomic E-state index is 11.5. The standard InChI is InChI=1S/C10H17NO2/c1-6(2)8-9(13-5)10(12)11(8)7(3)4/h7-9H,1H2,2-5H3/t8-,9+/m0/s1. The van der Waals surface area contributed by atoms with Crippen molar-refractivity contribution in [2.75, 3.05) is 7.11 Å². The molecule has 0 saturated carbocycles. The second kappa shape index (κ2) is 3.50. The van der Waals surface area contributed by atoms with Crippen molar-refractivity contribution in [1.82, 2.24) is 4.90 Å². The van der Waals surface area contributed by atoms with Crippen LogP contribution >= 0.6 is 0 Å².